The van der Waals surface area contributed by atoms with E-state index in [0.717, 1.165) is 0 Å². The monoisotopic (exact) mass is 364 g/mol. The van der Waals surface area contributed by atoms with Crippen molar-refractivity contribution in [2.24, 2.45) is 10.7 Å². The number of rotatable bonds is 6. The number of hydrogen-bond acceptors (Lipinski definition) is 4. The summed E-state index contributed by atoms with van der Waals surface area (Å²) in [6, 6.07) is 14.5. The Kier molecular flexibility index (Phi) is 5.99. The van der Waals surface area contributed by atoms with Gasteiger partial charge in [-0.3, -0.25) is 4.99 Å². The molecule has 0 saturated carbocycles. The van der Waals surface area contributed by atoms with Crippen molar-refractivity contribution in [3.8, 4) is 0 Å². The molecule has 0 radical (unpaired) electrons. The normalized spacial score (nSPS) is 12.2. The van der Waals surface area contributed by atoms with Gasteiger partial charge in [-0.2, -0.15) is 0 Å². The molecule has 4 nitrogen and oxygen atoms in total. The summed E-state index contributed by atoms with van der Waals surface area (Å²) < 4.78 is 28.0. The van der Waals surface area contributed by atoms with Gasteiger partial charge < -0.3 is 5.73 Å². The first-order valence-corrected chi connectivity index (χ1v) is 8.42. The molecule has 2 N–H and O–H groups in total. The van der Waals surface area contributed by atoms with E-state index in [-0.39, 0.29) is 18.1 Å². The predicted octanol–water partition coefficient (Wildman–Crippen LogP) is 3.79. The molecule has 0 fully saturated rings. The van der Waals surface area contributed by atoms with Crippen LogP contribution in [0, 0.1) is 11.6 Å². The summed E-state index contributed by atoms with van der Waals surface area (Å²) in [6.45, 7) is 0.282. The Bertz CT molecular complexity index is 969. The third kappa shape index (κ3) is 4.82. The molecule has 3 aromatic rings. The fourth-order valence-electron chi connectivity index (χ4n) is 2.54. The van der Waals surface area contributed by atoms with E-state index in [2.05, 4.69) is 15.0 Å². The number of aliphatic imine (C=N–C) groups is 1. The lowest BCUT2D eigenvalue weighted by atomic mass is 10.1. The molecule has 0 aliphatic carbocycles. The highest BCUT2D eigenvalue weighted by Gasteiger charge is 2.09. The second kappa shape index (κ2) is 8.80. The number of nitrogens with two attached hydrogens (primary N) is 1. The summed E-state index contributed by atoms with van der Waals surface area (Å²) in [5.41, 5.74) is 7.55. The van der Waals surface area contributed by atoms with Crippen LogP contribution in [0.5, 0.6) is 0 Å². The Morgan fingerprint density at radius 2 is 1.59 bits per heavy atom. The zero-order valence-corrected chi connectivity index (χ0v) is 14.5. The second-order valence-electron chi connectivity index (χ2n) is 5.76. The number of nitrogens with zero attached hydrogens (tertiary/aromatic N) is 3. The maximum atomic E-state index is 14.3. The summed E-state index contributed by atoms with van der Waals surface area (Å²) >= 11 is 0. The van der Waals surface area contributed by atoms with Gasteiger partial charge >= 0.3 is 0 Å². The highest BCUT2D eigenvalue weighted by molar-refractivity contribution is 6.11. The van der Waals surface area contributed by atoms with Crippen molar-refractivity contribution in [2.75, 3.05) is 6.54 Å². The smallest absolute Gasteiger partial charge is 0.175 e. The van der Waals surface area contributed by atoms with Gasteiger partial charge in [-0.05, 0) is 42.3 Å². The lowest BCUT2D eigenvalue weighted by molar-refractivity contribution is 0.609. The minimum Gasteiger partial charge on any atom is -0.396 e. The van der Waals surface area contributed by atoms with E-state index >= 15 is 0 Å². The van der Waals surface area contributed by atoms with Crippen molar-refractivity contribution < 1.29 is 8.78 Å². The summed E-state index contributed by atoms with van der Waals surface area (Å²) in [7, 11) is 0. The molecule has 3 rings (SSSR count). The van der Waals surface area contributed by atoms with Crippen molar-refractivity contribution in [3.05, 3.63) is 102 Å². The number of aromatic nitrogens is 2. The first-order valence-electron chi connectivity index (χ1n) is 8.42. The Balaban J connectivity index is 1.90. The molecule has 0 aliphatic rings. The molecular weight excluding hydrogens is 346 g/mol. The highest BCUT2D eigenvalue weighted by Crippen LogP contribution is 2.13. The van der Waals surface area contributed by atoms with Gasteiger partial charge in [0.15, 0.2) is 5.82 Å². The fourth-order valence-corrected chi connectivity index (χ4v) is 2.54. The van der Waals surface area contributed by atoms with Gasteiger partial charge in [0.1, 0.15) is 11.6 Å². The quantitative estimate of drug-likeness (QED) is 0.677. The molecule has 0 bridgehead atoms. The van der Waals surface area contributed by atoms with E-state index in [0.29, 0.717) is 29.1 Å². The zero-order chi connectivity index (χ0) is 19.1. The SMILES string of the molecule is NC(=CC(=NCCc1ccccc1F)c1ccccc1F)c1ncccn1. The van der Waals surface area contributed by atoms with Crippen LogP contribution in [0.25, 0.3) is 5.70 Å². The highest BCUT2D eigenvalue weighted by atomic mass is 19.1. The number of halogens is 2. The third-order valence-electron chi connectivity index (χ3n) is 3.89. The van der Waals surface area contributed by atoms with Crippen LogP contribution < -0.4 is 5.73 Å². The van der Waals surface area contributed by atoms with Crippen LogP contribution in [0.15, 0.2) is 78.1 Å². The van der Waals surface area contributed by atoms with E-state index in [9.17, 15) is 8.78 Å². The molecule has 0 amide bonds. The van der Waals surface area contributed by atoms with E-state index in [4.69, 9.17) is 5.73 Å². The maximum Gasteiger partial charge on any atom is 0.175 e. The zero-order valence-electron chi connectivity index (χ0n) is 14.5. The maximum absolute atomic E-state index is 14.3. The molecular formula is C21H18F2N4. The van der Waals surface area contributed by atoms with Crippen molar-refractivity contribution in [2.45, 2.75) is 6.42 Å². The number of benzene rings is 2. The molecule has 1 heterocycles. The van der Waals surface area contributed by atoms with Crippen molar-refractivity contribution in [1.82, 2.24) is 9.97 Å². The van der Waals surface area contributed by atoms with Gasteiger partial charge in [0, 0.05) is 24.5 Å². The van der Waals surface area contributed by atoms with Gasteiger partial charge in [-0.25, -0.2) is 18.7 Å². The largest absolute Gasteiger partial charge is 0.396 e. The Labute approximate surface area is 156 Å². The Morgan fingerprint density at radius 1 is 0.926 bits per heavy atom. The molecule has 2 aromatic carbocycles. The first-order chi connectivity index (χ1) is 13.1. The Hall–Kier alpha value is -3.41. The molecule has 27 heavy (non-hydrogen) atoms. The average Bonchev–Trinajstić information content (AvgIpc) is 2.70. The van der Waals surface area contributed by atoms with Crippen molar-refractivity contribution >= 4 is 11.4 Å². The topological polar surface area (TPSA) is 64.2 Å². The van der Waals surface area contributed by atoms with Gasteiger partial charge in [0.25, 0.3) is 0 Å². The van der Waals surface area contributed by atoms with Gasteiger partial charge in [0.05, 0.1) is 11.4 Å². The summed E-state index contributed by atoms with van der Waals surface area (Å²) in [4.78, 5) is 12.6. The van der Waals surface area contributed by atoms with Crippen LogP contribution in [0.3, 0.4) is 0 Å². The van der Waals surface area contributed by atoms with Crippen LogP contribution >= 0.6 is 0 Å². The molecule has 0 saturated heterocycles. The van der Waals surface area contributed by atoms with E-state index in [1.165, 1.54) is 18.2 Å². The van der Waals surface area contributed by atoms with Crippen LogP contribution in [-0.2, 0) is 6.42 Å². The summed E-state index contributed by atoms with van der Waals surface area (Å²) in [5.74, 6) is -0.372. The minimum absolute atomic E-state index is 0.267. The lowest BCUT2D eigenvalue weighted by Crippen LogP contribution is -2.09. The van der Waals surface area contributed by atoms with Crippen LogP contribution in [0.4, 0.5) is 8.78 Å². The van der Waals surface area contributed by atoms with Gasteiger partial charge in [-0.15, -0.1) is 0 Å². The standard InChI is InChI=1S/C21H18F2N4/c22-17-8-3-1-6-15(17)10-13-25-20(16-7-2-4-9-18(16)23)14-19(24)21-26-11-5-12-27-21/h1-9,11-12,14H,10,13,24H2. The number of allylic oxidation sites excluding steroid dienone is 1. The van der Waals surface area contributed by atoms with Crippen LogP contribution in [0.2, 0.25) is 0 Å². The van der Waals surface area contributed by atoms with Crippen LogP contribution in [-0.4, -0.2) is 22.2 Å². The second-order valence-corrected chi connectivity index (χ2v) is 5.76. The minimum atomic E-state index is -0.417. The predicted molar refractivity (Wildman–Crippen MR) is 102 cm³/mol. The van der Waals surface area contributed by atoms with Gasteiger partial charge in [0.2, 0.25) is 0 Å². The lowest BCUT2D eigenvalue weighted by Gasteiger charge is -2.07. The fraction of sp³-hybridized carbons (Fsp3) is 0.0952. The molecule has 0 aliphatic heterocycles. The summed E-state index contributed by atoms with van der Waals surface area (Å²) in [6.07, 6.45) is 5.07. The third-order valence-corrected chi connectivity index (χ3v) is 3.89. The Morgan fingerprint density at radius 3 is 2.30 bits per heavy atom. The molecule has 0 spiro atoms. The molecule has 1 aromatic heterocycles. The van der Waals surface area contributed by atoms with E-state index in [1.54, 1.807) is 54.9 Å². The van der Waals surface area contributed by atoms with E-state index < -0.39 is 5.82 Å². The average molecular weight is 364 g/mol. The van der Waals surface area contributed by atoms with Crippen LogP contribution in [0.1, 0.15) is 17.0 Å². The molecule has 136 valence electrons. The number of hydrogen-bond donors (Lipinski definition) is 1. The van der Waals surface area contributed by atoms with Crippen molar-refractivity contribution in [3.63, 3.8) is 0 Å². The van der Waals surface area contributed by atoms with Gasteiger partial charge in [-0.1, -0.05) is 30.3 Å². The molecule has 0 unspecified atom stereocenters. The summed E-state index contributed by atoms with van der Waals surface area (Å²) in [5, 5.41) is 0. The van der Waals surface area contributed by atoms with E-state index in [1.807, 2.05) is 0 Å². The molecule has 0 atom stereocenters. The molecule has 6 heteroatoms. The van der Waals surface area contributed by atoms with Crippen molar-refractivity contribution in [1.29, 1.82) is 0 Å². The first kappa shape index (κ1) is 18.4.